The lowest BCUT2D eigenvalue weighted by Crippen LogP contribution is -2.56. The summed E-state index contributed by atoms with van der Waals surface area (Å²) >= 11 is 1.08. The van der Waals surface area contributed by atoms with Crippen LogP contribution in [0.15, 0.2) is 6.07 Å². The summed E-state index contributed by atoms with van der Waals surface area (Å²) in [6, 6.07) is 1.04. The summed E-state index contributed by atoms with van der Waals surface area (Å²) in [5.74, 6) is 5.34. The van der Waals surface area contributed by atoms with Gasteiger partial charge in [0.15, 0.2) is 0 Å². The van der Waals surface area contributed by atoms with Crippen molar-refractivity contribution in [1.82, 2.24) is 4.90 Å². The number of carboxylic acids is 1. The molecular weight excluding hydrogens is 436 g/mol. The van der Waals surface area contributed by atoms with Crippen molar-refractivity contribution < 1.29 is 19.5 Å². The van der Waals surface area contributed by atoms with Crippen molar-refractivity contribution in [2.45, 2.75) is 79.2 Å². The first kappa shape index (κ1) is 25.3. The molecule has 0 spiro atoms. The average molecular weight is 473 g/mol. The Morgan fingerprint density at radius 2 is 1.88 bits per heavy atom. The van der Waals surface area contributed by atoms with Crippen LogP contribution >= 0.6 is 11.3 Å². The van der Waals surface area contributed by atoms with Gasteiger partial charge in [-0.3, -0.25) is 14.5 Å². The zero-order chi connectivity index (χ0) is 24.3. The number of amides is 2. The maximum absolute atomic E-state index is 13.9. The van der Waals surface area contributed by atoms with Gasteiger partial charge in [0, 0.05) is 24.4 Å². The van der Waals surface area contributed by atoms with Gasteiger partial charge >= 0.3 is 5.97 Å². The Kier molecular flexibility index (Phi) is 7.89. The van der Waals surface area contributed by atoms with Crippen LogP contribution in [0.5, 0.6) is 0 Å². The van der Waals surface area contributed by atoms with Gasteiger partial charge in [0.25, 0.3) is 0 Å². The molecule has 2 fully saturated rings. The fraction of sp³-hybridized carbons (Fsp3) is 0.654. The first-order valence-electron chi connectivity index (χ1n) is 12.0. The fourth-order valence-electron chi connectivity index (χ4n) is 4.64. The fourth-order valence-corrected chi connectivity index (χ4v) is 5.48. The lowest BCUT2D eigenvalue weighted by atomic mass is 9.82. The molecule has 0 aromatic carbocycles. The number of hydrogen-bond acceptors (Lipinski definition) is 4. The predicted molar refractivity (Wildman–Crippen MR) is 131 cm³/mol. The van der Waals surface area contributed by atoms with Crippen molar-refractivity contribution in [3.8, 4) is 11.8 Å². The Morgan fingerprint density at radius 3 is 2.45 bits per heavy atom. The van der Waals surface area contributed by atoms with Crippen LogP contribution in [-0.4, -0.2) is 46.9 Å². The molecule has 2 aliphatic rings. The second kappa shape index (κ2) is 10.3. The summed E-state index contributed by atoms with van der Waals surface area (Å²) in [5, 5.41) is 9.97. The van der Waals surface area contributed by atoms with Gasteiger partial charge in [-0.2, -0.15) is 0 Å². The first-order valence-corrected chi connectivity index (χ1v) is 12.9. The summed E-state index contributed by atoms with van der Waals surface area (Å²) in [4.78, 5) is 43.4. The standard InChI is InChI=1S/C26H36N2O4S/c1-6-27-15-7-8-20(24(27)30)28(23(29)18-11-9-17(2)10-12-18)21-16-19(13-14-26(3,4)5)33-22(21)25(31)32/h16-18,20H,6-12,15H2,1-5H3,(H,31,32). The van der Waals surface area contributed by atoms with Gasteiger partial charge in [-0.1, -0.05) is 18.8 Å². The molecule has 0 radical (unpaired) electrons. The van der Waals surface area contributed by atoms with Crippen molar-refractivity contribution in [2.24, 2.45) is 17.3 Å². The number of carboxylic acid groups (broad SMARTS) is 1. The minimum atomic E-state index is -1.09. The number of likely N-dealkylation sites (tertiary alicyclic amines) is 1. The molecule has 1 aliphatic carbocycles. The smallest absolute Gasteiger partial charge is 0.348 e. The van der Waals surface area contributed by atoms with Crippen molar-refractivity contribution in [3.63, 3.8) is 0 Å². The number of nitrogens with zero attached hydrogens (tertiary/aromatic N) is 2. The van der Waals surface area contributed by atoms with Gasteiger partial charge in [-0.25, -0.2) is 4.79 Å². The van der Waals surface area contributed by atoms with E-state index < -0.39 is 12.0 Å². The highest BCUT2D eigenvalue weighted by atomic mass is 32.1. The van der Waals surface area contributed by atoms with Gasteiger partial charge in [-0.05, 0) is 78.2 Å². The van der Waals surface area contributed by atoms with Gasteiger partial charge < -0.3 is 10.0 Å². The molecule has 33 heavy (non-hydrogen) atoms. The van der Waals surface area contributed by atoms with Gasteiger partial charge in [0.05, 0.1) is 10.6 Å². The molecule has 2 heterocycles. The van der Waals surface area contributed by atoms with Crippen LogP contribution < -0.4 is 4.90 Å². The summed E-state index contributed by atoms with van der Waals surface area (Å²) in [5.41, 5.74) is 0.0913. The highest BCUT2D eigenvalue weighted by Gasteiger charge is 2.41. The molecule has 1 aromatic heterocycles. The highest BCUT2D eigenvalue weighted by Crippen LogP contribution is 2.37. The minimum absolute atomic E-state index is 0.0761. The number of aromatic carboxylic acids is 1. The van der Waals surface area contributed by atoms with Crippen LogP contribution in [0.25, 0.3) is 0 Å². The molecule has 1 unspecified atom stereocenters. The Balaban J connectivity index is 2.07. The topological polar surface area (TPSA) is 77.9 Å². The molecule has 180 valence electrons. The van der Waals surface area contributed by atoms with Crippen LogP contribution in [0.4, 0.5) is 5.69 Å². The molecule has 3 rings (SSSR count). The number of likely N-dealkylation sites (N-methyl/N-ethyl adjacent to an activating group) is 1. The second-order valence-electron chi connectivity index (χ2n) is 10.4. The Morgan fingerprint density at radius 1 is 1.21 bits per heavy atom. The summed E-state index contributed by atoms with van der Waals surface area (Å²) in [6.45, 7) is 11.4. The van der Waals surface area contributed by atoms with Gasteiger partial charge in [0.1, 0.15) is 10.9 Å². The van der Waals surface area contributed by atoms with Crippen LogP contribution in [0, 0.1) is 29.1 Å². The lowest BCUT2D eigenvalue weighted by molar-refractivity contribution is -0.137. The van der Waals surface area contributed by atoms with E-state index >= 15 is 0 Å². The molecule has 1 saturated carbocycles. The van der Waals surface area contributed by atoms with E-state index in [-0.39, 0.29) is 28.0 Å². The van der Waals surface area contributed by atoms with Crippen molar-refractivity contribution in [1.29, 1.82) is 0 Å². The number of carbonyl (C=O) groups excluding carboxylic acids is 2. The van der Waals surface area contributed by atoms with Crippen LogP contribution in [0.2, 0.25) is 0 Å². The highest BCUT2D eigenvalue weighted by molar-refractivity contribution is 7.15. The van der Waals surface area contributed by atoms with E-state index in [2.05, 4.69) is 18.8 Å². The molecule has 2 amide bonds. The SMILES string of the molecule is CCN1CCCC(N(C(=O)C2CCC(C)CC2)c2cc(C#CC(C)(C)C)sc2C(=O)O)C1=O. The third-order valence-corrected chi connectivity index (χ3v) is 7.55. The summed E-state index contributed by atoms with van der Waals surface area (Å²) in [6.07, 6.45) is 4.83. The average Bonchev–Trinajstić information content (AvgIpc) is 3.18. The zero-order valence-corrected chi connectivity index (χ0v) is 21.3. The number of piperidine rings is 1. The number of carbonyl (C=O) groups is 3. The molecule has 7 heteroatoms. The van der Waals surface area contributed by atoms with E-state index in [9.17, 15) is 19.5 Å². The van der Waals surface area contributed by atoms with Crippen LogP contribution in [-0.2, 0) is 9.59 Å². The maximum Gasteiger partial charge on any atom is 0.348 e. The largest absolute Gasteiger partial charge is 0.477 e. The molecule has 1 atom stereocenters. The monoisotopic (exact) mass is 472 g/mol. The Bertz CT molecular complexity index is 957. The molecule has 0 bridgehead atoms. The van der Waals surface area contributed by atoms with Crippen LogP contribution in [0.1, 0.15) is 87.7 Å². The molecule has 1 aromatic rings. The quantitative estimate of drug-likeness (QED) is 0.611. The van der Waals surface area contributed by atoms with Gasteiger partial charge in [0.2, 0.25) is 11.8 Å². The molecule has 6 nitrogen and oxygen atoms in total. The van der Waals surface area contributed by atoms with E-state index in [4.69, 9.17) is 0 Å². The third kappa shape index (κ3) is 5.97. The second-order valence-corrected chi connectivity index (χ2v) is 11.4. The van der Waals surface area contributed by atoms with Crippen molar-refractivity contribution >= 4 is 34.8 Å². The maximum atomic E-state index is 13.9. The number of rotatable bonds is 5. The van der Waals surface area contributed by atoms with Crippen LogP contribution in [0.3, 0.4) is 0 Å². The summed E-state index contributed by atoms with van der Waals surface area (Å²) in [7, 11) is 0. The number of thiophene rings is 1. The first-order chi connectivity index (χ1) is 15.5. The number of anilines is 1. The lowest BCUT2D eigenvalue weighted by Gasteiger charge is -2.40. The summed E-state index contributed by atoms with van der Waals surface area (Å²) < 4.78 is 0. The van der Waals surface area contributed by atoms with E-state index in [0.717, 1.165) is 43.4 Å². The van der Waals surface area contributed by atoms with E-state index in [1.807, 2.05) is 27.7 Å². The number of hydrogen-bond donors (Lipinski definition) is 1. The Hall–Kier alpha value is -2.33. The van der Waals surface area contributed by atoms with E-state index in [0.29, 0.717) is 36.0 Å². The predicted octanol–water partition coefficient (Wildman–Crippen LogP) is 5.01. The van der Waals surface area contributed by atoms with Gasteiger partial charge in [-0.15, -0.1) is 11.3 Å². The minimum Gasteiger partial charge on any atom is -0.477 e. The van der Waals surface area contributed by atoms with Crippen molar-refractivity contribution in [3.05, 3.63) is 15.8 Å². The molecular formula is C26H36N2O4S. The molecule has 1 saturated heterocycles. The third-order valence-electron chi connectivity index (χ3n) is 6.53. The normalized spacial score (nSPS) is 23.6. The van der Waals surface area contributed by atoms with E-state index in [1.165, 1.54) is 4.90 Å². The van der Waals surface area contributed by atoms with Crippen molar-refractivity contribution in [2.75, 3.05) is 18.0 Å². The molecule has 1 aliphatic heterocycles. The zero-order valence-electron chi connectivity index (χ0n) is 20.4. The molecule has 1 N–H and O–H groups in total. The Labute approximate surface area is 201 Å². The van der Waals surface area contributed by atoms with E-state index in [1.54, 1.807) is 11.0 Å².